The lowest BCUT2D eigenvalue weighted by Crippen LogP contribution is -2.31. The van der Waals surface area contributed by atoms with Crippen molar-refractivity contribution in [3.05, 3.63) is 48.0 Å². The fourth-order valence-electron chi connectivity index (χ4n) is 3.48. The molecule has 180 valence electrons. The number of nitrogens with zero attached hydrogens (tertiary/aromatic N) is 2. The van der Waals surface area contributed by atoms with E-state index < -0.39 is 15.9 Å². The van der Waals surface area contributed by atoms with E-state index in [-0.39, 0.29) is 29.1 Å². The number of ether oxygens (including phenoxy) is 3. The number of carbonyl (C=O) groups is 1. The molecule has 2 heterocycles. The summed E-state index contributed by atoms with van der Waals surface area (Å²) in [7, 11) is -0.617. The molecule has 34 heavy (non-hydrogen) atoms. The molecule has 1 unspecified atom stereocenters. The zero-order valence-electron chi connectivity index (χ0n) is 18.7. The van der Waals surface area contributed by atoms with Gasteiger partial charge in [-0.1, -0.05) is 0 Å². The molecule has 0 aliphatic carbocycles. The first-order chi connectivity index (χ1) is 16.4. The third-order valence-corrected chi connectivity index (χ3v) is 6.77. The van der Waals surface area contributed by atoms with Crippen LogP contribution in [0.3, 0.4) is 0 Å². The van der Waals surface area contributed by atoms with Gasteiger partial charge in [-0.2, -0.15) is 4.98 Å². The lowest BCUT2D eigenvalue weighted by molar-refractivity contribution is 0.102. The van der Waals surface area contributed by atoms with Crippen molar-refractivity contribution in [1.29, 1.82) is 0 Å². The Bertz CT molecular complexity index is 1250. The molecule has 1 aliphatic heterocycles. The maximum Gasteiger partial charge on any atom is 0.258 e. The van der Waals surface area contributed by atoms with Crippen molar-refractivity contribution in [2.45, 2.75) is 23.8 Å². The van der Waals surface area contributed by atoms with Gasteiger partial charge in [0.2, 0.25) is 16.0 Å². The number of aromatic amines is 1. The Morgan fingerprint density at radius 1 is 1.18 bits per heavy atom. The number of methoxy groups -OCH3 is 2. The van der Waals surface area contributed by atoms with Crippen molar-refractivity contribution in [3.8, 4) is 22.9 Å². The van der Waals surface area contributed by atoms with Crippen LogP contribution >= 0.6 is 0 Å². The number of carbonyl (C=O) groups excluding carboxylic acids is 1. The number of nitrogens with one attached hydrogen (secondary N) is 3. The molecule has 1 amide bonds. The summed E-state index contributed by atoms with van der Waals surface area (Å²) in [5.41, 5.74) is 0.896. The van der Waals surface area contributed by atoms with Gasteiger partial charge >= 0.3 is 0 Å². The SMILES string of the molecule is COc1ccc(-c2nc(NC(=O)c3ccc(S(=O)(=O)NCC4CCCO4)cc3)n[nH]2)c(OC)c1. The van der Waals surface area contributed by atoms with Gasteiger partial charge in [0, 0.05) is 24.8 Å². The van der Waals surface area contributed by atoms with E-state index in [9.17, 15) is 13.2 Å². The van der Waals surface area contributed by atoms with Crippen molar-refractivity contribution < 1.29 is 27.4 Å². The first kappa shape index (κ1) is 23.7. The summed E-state index contributed by atoms with van der Waals surface area (Å²) in [4.78, 5) is 17.0. The molecule has 1 saturated heterocycles. The van der Waals surface area contributed by atoms with E-state index in [4.69, 9.17) is 14.2 Å². The van der Waals surface area contributed by atoms with Crippen LogP contribution in [0.4, 0.5) is 5.95 Å². The minimum absolute atomic E-state index is 0.0628. The Balaban J connectivity index is 1.41. The summed E-state index contributed by atoms with van der Waals surface area (Å²) >= 11 is 0. The van der Waals surface area contributed by atoms with E-state index in [0.717, 1.165) is 12.8 Å². The first-order valence-electron chi connectivity index (χ1n) is 10.6. The van der Waals surface area contributed by atoms with Gasteiger partial charge in [-0.15, -0.1) is 5.10 Å². The van der Waals surface area contributed by atoms with Crippen LogP contribution in [0.1, 0.15) is 23.2 Å². The van der Waals surface area contributed by atoms with E-state index in [1.165, 1.54) is 31.4 Å². The molecule has 11 nitrogen and oxygen atoms in total. The Morgan fingerprint density at radius 2 is 1.97 bits per heavy atom. The second kappa shape index (κ2) is 10.2. The van der Waals surface area contributed by atoms with Crippen LogP contribution in [0.15, 0.2) is 47.4 Å². The molecule has 12 heteroatoms. The van der Waals surface area contributed by atoms with Crippen molar-refractivity contribution in [3.63, 3.8) is 0 Å². The van der Waals surface area contributed by atoms with Crippen LogP contribution in [0.25, 0.3) is 11.4 Å². The van der Waals surface area contributed by atoms with Gasteiger partial charge in [-0.05, 0) is 49.2 Å². The number of rotatable bonds is 9. The second-order valence-electron chi connectivity index (χ2n) is 7.54. The summed E-state index contributed by atoms with van der Waals surface area (Å²) in [5.74, 6) is 1.13. The van der Waals surface area contributed by atoms with Gasteiger partial charge < -0.3 is 14.2 Å². The van der Waals surface area contributed by atoms with E-state index in [0.29, 0.717) is 29.5 Å². The highest BCUT2D eigenvalue weighted by Crippen LogP contribution is 2.31. The second-order valence-corrected chi connectivity index (χ2v) is 9.31. The van der Waals surface area contributed by atoms with Crippen LogP contribution in [0, 0.1) is 0 Å². The molecule has 0 saturated carbocycles. The van der Waals surface area contributed by atoms with Gasteiger partial charge in [-0.25, -0.2) is 13.1 Å². The summed E-state index contributed by atoms with van der Waals surface area (Å²) in [6, 6.07) is 10.8. The number of benzene rings is 2. The van der Waals surface area contributed by atoms with Gasteiger partial charge in [-0.3, -0.25) is 15.2 Å². The molecule has 2 aromatic carbocycles. The quantitative estimate of drug-likeness (QED) is 0.417. The lowest BCUT2D eigenvalue weighted by Gasteiger charge is -2.11. The zero-order valence-corrected chi connectivity index (χ0v) is 19.5. The molecule has 0 bridgehead atoms. The van der Waals surface area contributed by atoms with Gasteiger partial charge in [0.15, 0.2) is 5.82 Å². The summed E-state index contributed by atoms with van der Waals surface area (Å²) < 4.78 is 43.5. The van der Waals surface area contributed by atoms with Gasteiger partial charge in [0.25, 0.3) is 5.91 Å². The molecule has 0 spiro atoms. The fraction of sp³-hybridized carbons (Fsp3) is 0.318. The Kier molecular flexibility index (Phi) is 7.10. The van der Waals surface area contributed by atoms with Crippen LogP contribution in [0.5, 0.6) is 11.5 Å². The Hall–Kier alpha value is -3.48. The molecule has 1 aliphatic rings. The first-order valence-corrected chi connectivity index (χ1v) is 12.1. The van der Waals surface area contributed by atoms with Crippen molar-refractivity contribution in [2.24, 2.45) is 0 Å². The van der Waals surface area contributed by atoms with Crippen LogP contribution in [-0.4, -0.2) is 63.0 Å². The van der Waals surface area contributed by atoms with E-state index in [1.807, 2.05) is 0 Å². The molecule has 3 N–H and O–H groups in total. The summed E-state index contributed by atoms with van der Waals surface area (Å²) in [6.07, 6.45) is 1.65. The molecule has 1 aromatic heterocycles. The Labute approximate surface area is 196 Å². The zero-order chi connectivity index (χ0) is 24.1. The number of anilines is 1. The summed E-state index contributed by atoms with van der Waals surface area (Å²) in [6.45, 7) is 0.868. The molecular weight excluding hydrogens is 462 g/mol. The van der Waals surface area contributed by atoms with E-state index in [2.05, 4.69) is 25.2 Å². The molecular formula is C22H25N5O6S. The average Bonchev–Trinajstić information content (AvgIpc) is 3.55. The van der Waals surface area contributed by atoms with Crippen LogP contribution < -0.4 is 19.5 Å². The fourth-order valence-corrected chi connectivity index (χ4v) is 4.55. The number of hydrogen-bond acceptors (Lipinski definition) is 8. The highest BCUT2D eigenvalue weighted by atomic mass is 32.2. The third-order valence-electron chi connectivity index (χ3n) is 5.33. The topological polar surface area (TPSA) is 145 Å². The lowest BCUT2D eigenvalue weighted by atomic mass is 10.2. The number of amides is 1. The maximum absolute atomic E-state index is 12.6. The molecule has 1 atom stereocenters. The van der Waals surface area contributed by atoms with Gasteiger partial charge in [0.1, 0.15) is 11.5 Å². The highest BCUT2D eigenvalue weighted by Gasteiger charge is 2.21. The third kappa shape index (κ3) is 5.35. The summed E-state index contributed by atoms with van der Waals surface area (Å²) in [5, 5.41) is 9.37. The number of aromatic nitrogens is 3. The normalized spacial score (nSPS) is 15.8. The van der Waals surface area contributed by atoms with Gasteiger partial charge in [0.05, 0.1) is 30.8 Å². The minimum Gasteiger partial charge on any atom is -0.497 e. The molecule has 1 fully saturated rings. The standard InChI is InChI=1S/C22H25N5O6S/c1-31-15-7-10-18(19(12-15)32-2)20-24-22(27-26-20)25-21(28)14-5-8-17(9-6-14)34(29,30)23-13-16-4-3-11-33-16/h5-10,12,16,23H,3-4,11,13H2,1-2H3,(H2,24,25,26,27,28). The minimum atomic E-state index is -3.70. The highest BCUT2D eigenvalue weighted by molar-refractivity contribution is 7.89. The smallest absolute Gasteiger partial charge is 0.258 e. The largest absolute Gasteiger partial charge is 0.497 e. The van der Waals surface area contributed by atoms with Crippen LogP contribution in [0.2, 0.25) is 0 Å². The molecule has 3 aromatic rings. The molecule has 4 rings (SSSR count). The van der Waals surface area contributed by atoms with Crippen molar-refractivity contribution in [1.82, 2.24) is 19.9 Å². The predicted octanol–water partition coefficient (Wildman–Crippen LogP) is 2.20. The predicted molar refractivity (Wildman–Crippen MR) is 123 cm³/mol. The van der Waals surface area contributed by atoms with Crippen molar-refractivity contribution >= 4 is 21.9 Å². The van der Waals surface area contributed by atoms with Crippen molar-refractivity contribution in [2.75, 3.05) is 32.7 Å². The number of H-pyrrole nitrogens is 1. The van der Waals surface area contributed by atoms with Crippen LogP contribution in [-0.2, 0) is 14.8 Å². The molecule has 0 radical (unpaired) electrons. The maximum atomic E-state index is 12.6. The Morgan fingerprint density at radius 3 is 2.65 bits per heavy atom. The van der Waals surface area contributed by atoms with E-state index >= 15 is 0 Å². The number of sulfonamides is 1. The van der Waals surface area contributed by atoms with E-state index in [1.54, 1.807) is 25.3 Å². The monoisotopic (exact) mass is 487 g/mol. The number of hydrogen-bond donors (Lipinski definition) is 3. The average molecular weight is 488 g/mol.